The van der Waals surface area contributed by atoms with Crippen LogP contribution in [0.5, 0.6) is 0 Å². The molecule has 0 spiro atoms. The second-order valence-electron chi connectivity index (χ2n) is 5.30. The molecule has 2 aromatic rings. The number of rotatable bonds is 0. The molecule has 0 unspecified atom stereocenters. The number of hydrogen-bond acceptors (Lipinski definition) is 5. The first kappa shape index (κ1) is 17.2. The van der Waals surface area contributed by atoms with Gasteiger partial charge in [0.2, 0.25) is 0 Å². The number of ether oxygens (including phenoxy) is 1. The average molecular weight is 352 g/mol. The number of aliphatic imine (C=N–C) groups is 1. The second kappa shape index (κ2) is 9.59. The molecule has 5 rings (SSSR count). The van der Waals surface area contributed by atoms with Crippen LogP contribution in [0, 0.1) is 0 Å². The van der Waals surface area contributed by atoms with Crippen molar-refractivity contribution < 1.29 is 9.57 Å². The van der Waals surface area contributed by atoms with Gasteiger partial charge in [0.1, 0.15) is 12.9 Å². The molecule has 0 aromatic heterocycles. The zero-order chi connectivity index (χ0) is 17.2. The van der Waals surface area contributed by atoms with Gasteiger partial charge in [-0.3, -0.25) is 4.99 Å². The number of benzene rings is 2. The molecule has 2 aromatic carbocycles. The van der Waals surface area contributed by atoms with Crippen LogP contribution in [0.15, 0.2) is 87.9 Å². The van der Waals surface area contributed by atoms with Gasteiger partial charge >= 0.3 is 0 Å². The number of fused-ring (bicyclic) bond motifs is 2. The molecule has 4 nitrogen and oxygen atoms in total. The Labute approximate surface area is 152 Å². The topological polar surface area (TPSA) is 42.8 Å². The molecular weight excluding hydrogens is 332 g/mol. The van der Waals surface area contributed by atoms with Crippen LogP contribution in [-0.2, 0) is 16.0 Å². The summed E-state index contributed by atoms with van der Waals surface area (Å²) in [7, 11) is 0. The van der Waals surface area contributed by atoms with Crippen molar-refractivity contribution in [1.82, 2.24) is 5.48 Å². The molecule has 128 valence electrons. The molecule has 3 heterocycles. The largest absolute Gasteiger partial charge is 0.482 e. The summed E-state index contributed by atoms with van der Waals surface area (Å²) >= 11 is 1.88. The lowest BCUT2D eigenvalue weighted by Gasteiger charge is -2.17. The summed E-state index contributed by atoms with van der Waals surface area (Å²) in [5.74, 6) is 0. The van der Waals surface area contributed by atoms with Gasteiger partial charge in [0.25, 0.3) is 0 Å². The average Bonchev–Trinajstić information content (AvgIpc) is 3.28. The van der Waals surface area contributed by atoms with Gasteiger partial charge in [-0.15, -0.1) is 0 Å². The Morgan fingerprint density at radius 2 is 1.64 bits per heavy atom. The molecule has 0 amide bonds. The Balaban J connectivity index is 0.000000136. The number of hydroxylamine groups is 1. The minimum Gasteiger partial charge on any atom is -0.482 e. The quantitative estimate of drug-likeness (QED) is 0.654. The zero-order valence-electron chi connectivity index (χ0n) is 13.8. The van der Waals surface area contributed by atoms with Crippen LogP contribution in [0.1, 0.15) is 11.1 Å². The lowest BCUT2D eigenvalue weighted by molar-refractivity contribution is 0.172. The first-order chi connectivity index (χ1) is 12.4. The van der Waals surface area contributed by atoms with Crippen LogP contribution < -0.4 is 5.48 Å². The fourth-order valence-corrected chi connectivity index (χ4v) is 3.42. The van der Waals surface area contributed by atoms with Crippen LogP contribution >= 0.6 is 11.8 Å². The summed E-state index contributed by atoms with van der Waals surface area (Å²) in [6.45, 7) is 1.62. The summed E-state index contributed by atoms with van der Waals surface area (Å²) in [4.78, 5) is 11.1. The highest BCUT2D eigenvalue weighted by atomic mass is 32.2. The molecule has 3 aliphatic heterocycles. The van der Waals surface area contributed by atoms with E-state index in [0.29, 0.717) is 0 Å². The van der Waals surface area contributed by atoms with Crippen molar-refractivity contribution in [2.45, 2.75) is 16.2 Å². The third-order valence-corrected chi connectivity index (χ3v) is 4.76. The third kappa shape index (κ3) is 5.43. The molecule has 5 heteroatoms. The predicted molar refractivity (Wildman–Crippen MR) is 102 cm³/mol. The first-order valence-electron chi connectivity index (χ1n) is 8.10. The van der Waals surface area contributed by atoms with Crippen molar-refractivity contribution in [3.63, 3.8) is 0 Å². The van der Waals surface area contributed by atoms with E-state index >= 15 is 0 Å². The van der Waals surface area contributed by atoms with Gasteiger partial charge in [0.05, 0.1) is 6.54 Å². The Bertz CT molecular complexity index is 666. The SMILES string of the molecule is C1=CNOC=C1.C1=NCCO1.c1ccc2c(c1)Cc1ccccc1S2. The van der Waals surface area contributed by atoms with E-state index in [0.717, 1.165) is 19.6 Å². The number of nitrogens with one attached hydrogen (secondary N) is 1. The molecule has 25 heavy (non-hydrogen) atoms. The smallest absolute Gasteiger partial charge is 0.169 e. The van der Waals surface area contributed by atoms with Crippen LogP contribution in [-0.4, -0.2) is 19.6 Å². The summed E-state index contributed by atoms with van der Waals surface area (Å²) < 4.78 is 4.65. The second-order valence-corrected chi connectivity index (χ2v) is 6.38. The molecule has 0 bridgehead atoms. The molecule has 1 N–H and O–H groups in total. The Morgan fingerprint density at radius 3 is 2.04 bits per heavy atom. The Kier molecular flexibility index (Phi) is 6.59. The van der Waals surface area contributed by atoms with Crippen LogP contribution in [0.25, 0.3) is 0 Å². The standard InChI is InChI=1S/C13H10S.C4H5NO.C3H5NO/c1-3-7-12-10(5-1)9-11-6-2-4-8-13(11)14-12;1-2-4-6-5-3-1;1-2-5-3-4-1/h1-8H,9H2;1-5H;3H,1-2H2. The highest BCUT2D eigenvalue weighted by Gasteiger charge is 2.13. The fourth-order valence-electron chi connectivity index (χ4n) is 2.34. The van der Waals surface area contributed by atoms with E-state index in [2.05, 4.69) is 68.6 Å². The minimum atomic E-state index is 0.778. The first-order valence-corrected chi connectivity index (χ1v) is 8.91. The van der Waals surface area contributed by atoms with Crippen molar-refractivity contribution in [3.05, 3.63) is 84.3 Å². The molecule has 0 aliphatic carbocycles. The van der Waals surface area contributed by atoms with E-state index in [1.165, 1.54) is 27.3 Å². The minimum absolute atomic E-state index is 0.778. The van der Waals surface area contributed by atoms with Gasteiger partial charge in [0, 0.05) is 16.0 Å². The Morgan fingerprint density at radius 1 is 0.920 bits per heavy atom. The molecule has 0 radical (unpaired) electrons. The van der Waals surface area contributed by atoms with Crippen molar-refractivity contribution in [2.75, 3.05) is 13.2 Å². The summed E-state index contributed by atoms with van der Waals surface area (Å²) in [5, 5.41) is 0. The number of allylic oxidation sites excluding steroid dienone is 2. The van der Waals surface area contributed by atoms with Gasteiger partial charge < -0.3 is 9.57 Å². The maximum absolute atomic E-state index is 4.65. The van der Waals surface area contributed by atoms with Gasteiger partial charge in [0.15, 0.2) is 6.40 Å². The summed E-state index contributed by atoms with van der Waals surface area (Å²) in [5.41, 5.74) is 5.43. The maximum Gasteiger partial charge on any atom is 0.169 e. The molecular formula is C20H20N2O2S. The van der Waals surface area contributed by atoms with Crippen LogP contribution in [0.2, 0.25) is 0 Å². The van der Waals surface area contributed by atoms with E-state index in [1.807, 2.05) is 17.8 Å². The maximum atomic E-state index is 4.65. The molecule has 0 saturated carbocycles. The van der Waals surface area contributed by atoms with E-state index in [-0.39, 0.29) is 0 Å². The van der Waals surface area contributed by atoms with Crippen LogP contribution in [0.3, 0.4) is 0 Å². The molecule has 0 atom stereocenters. The van der Waals surface area contributed by atoms with Gasteiger partial charge in [-0.2, -0.15) is 0 Å². The Hall–Kier alpha value is -2.66. The van der Waals surface area contributed by atoms with Crippen molar-refractivity contribution in [1.29, 1.82) is 0 Å². The third-order valence-electron chi connectivity index (χ3n) is 3.52. The molecule has 0 saturated heterocycles. The summed E-state index contributed by atoms with van der Waals surface area (Å²) in [6.07, 6.45) is 9.50. The van der Waals surface area contributed by atoms with E-state index in [1.54, 1.807) is 18.5 Å². The van der Waals surface area contributed by atoms with Crippen molar-refractivity contribution in [2.24, 2.45) is 4.99 Å². The zero-order valence-corrected chi connectivity index (χ0v) is 14.6. The number of nitrogens with zero attached hydrogens (tertiary/aromatic N) is 1. The molecule has 3 aliphatic rings. The van der Waals surface area contributed by atoms with Gasteiger partial charge in [-0.05, 0) is 41.8 Å². The fraction of sp³-hybridized carbons (Fsp3) is 0.150. The monoisotopic (exact) mass is 352 g/mol. The highest BCUT2D eigenvalue weighted by Crippen LogP contribution is 2.38. The lowest BCUT2D eigenvalue weighted by Crippen LogP contribution is -2.01. The van der Waals surface area contributed by atoms with Crippen molar-refractivity contribution in [3.8, 4) is 0 Å². The summed E-state index contributed by atoms with van der Waals surface area (Å²) in [6, 6.07) is 17.3. The predicted octanol–water partition coefficient (Wildman–Crippen LogP) is 4.34. The van der Waals surface area contributed by atoms with Gasteiger partial charge in [-0.25, -0.2) is 5.48 Å². The normalized spacial score (nSPS) is 15.0. The van der Waals surface area contributed by atoms with E-state index in [4.69, 9.17) is 0 Å². The van der Waals surface area contributed by atoms with Crippen LogP contribution in [0.4, 0.5) is 0 Å². The van der Waals surface area contributed by atoms with E-state index in [9.17, 15) is 0 Å². The number of hydrogen-bond donors (Lipinski definition) is 1. The van der Waals surface area contributed by atoms with Gasteiger partial charge in [-0.1, -0.05) is 48.2 Å². The highest BCUT2D eigenvalue weighted by molar-refractivity contribution is 7.99. The lowest BCUT2D eigenvalue weighted by atomic mass is 10.0. The van der Waals surface area contributed by atoms with E-state index < -0.39 is 0 Å². The molecule has 0 fully saturated rings. The van der Waals surface area contributed by atoms with Crippen molar-refractivity contribution >= 4 is 18.2 Å².